The molecule has 1 saturated carbocycles. The molecule has 0 spiro atoms. The van der Waals surface area contributed by atoms with Crippen molar-refractivity contribution in [2.45, 2.75) is 63.3 Å². The van der Waals surface area contributed by atoms with Crippen LogP contribution in [0.2, 0.25) is 0 Å². The van der Waals surface area contributed by atoms with Crippen LogP contribution in [0.5, 0.6) is 0 Å². The van der Waals surface area contributed by atoms with Gasteiger partial charge in [0.1, 0.15) is 17.5 Å². The lowest BCUT2D eigenvalue weighted by atomic mass is 9.71. The molecule has 3 aliphatic rings. The molecule has 2 aromatic carbocycles. The number of hydrogen-bond acceptors (Lipinski definition) is 4. The fourth-order valence-corrected chi connectivity index (χ4v) is 5.18. The average molecular weight is 468 g/mol. The van der Waals surface area contributed by atoms with Crippen molar-refractivity contribution < 1.29 is 9.53 Å². The predicted octanol–water partition coefficient (Wildman–Crippen LogP) is 6.73. The van der Waals surface area contributed by atoms with Gasteiger partial charge in [0.25, 0.3) is 0 Å². The van der Waals surface area contributed by atoms with Crippen molar-refractivity contribution >= 4 is 11.9 Å². The largest absolute Gasteiger partial charge is 0.444 e. The highest BCUT2D eigenvalue weighted by molar-refractivity contribution is 6.04. The molecule has 2 aromatic rings. The number of nitrogens with zero attached hydrogens (tertiary/aromatic N) is 2. The number of hydrogen-bond donors (Lipinski definition) is 1. The third kappa shape index (κ3) is 4.43. The van der Waals surface area contributed by atoms with Crippen molar-refractivity contribution in [2.75, 3.05) is 0 Å². The molecule has 1 fully saturated rings. The quantitative estimate of drug-likeness (QED) is 0.531. The van der Waals surface area contributed by atoms with Gasteiger partial charge in [-0.15, -0.1) is 0 Å². The number of allylic oxidation sites excluding steroid dienone is 2. The fourth-order valence-electron chi connectivity index (χ4n) is 5.18. The van der Waals surface area contributed by atoms with E-state index in [9.17, 15) is 4.79 Å². The van der Waals surface area contributed by atoms with E-state index in [0.717, 1.165) is 41.8 Å². The molecule has 2 aliphatic heterocycles. The molecule has 2 heterocycles. The van der Waals surface area contributed by atoms with Crippen LogP contribution in [-0.4, -0.2) is 22.4 Å². The first-order chi connectivity index (χ1) is 16.8. The lowest BCUT2D eigenvalue weighted by molar-refractivity contribution is 0.0377. The van der Waals surface area contributed by atoms with Gasteiger partial charge >= 0.3 is 6.09 Å². The van der Waals surface area contributed by atoms with Crippen LogP contribution in [0.25, 0.3) is 0 Å². The molecule has 0 radical (unpaired) electrons. The Kier molecular flexibility index (Phi) is 5.87. The lowest BCUT2D eigenvalue weighted by Gasteiger charge is -2.43. The second kappa shape index (κ2) is 8.88. The van der Waals surface area contributed by atoms with E-state index in [1.807, 2.05) is 32.9 Å². The molecule has 2 atom stereocenters. The van der Waals surface area contributed by atoms with Gasteiger partial charge in [-0.25, -0.2) is 4.79 Å². The molecular formula is C30H33N3O2. The van der Waals surface area contributed by atoms with Gasteiger partial charge in [-0.1, -0.05) is 67.3 Å². The minimum Gasteiger partial charge on any atom is -0.444 e. The predicted molar refractivity (Wildman–Crippen MR) is 140 cm³/mol. The summed E-state index contributed by atoms with van der Waals surface area (Å²) in [6.45, 7) is 9.64. The molecule has 5 rings (SSSR count). The molecule has 0 aromatic heterocycles. The zero-order valence-electron chi connectivity index (χ0n) is 20.7. The number of rotatable bonds is 5. The molecule has 35 heavy (non-hydrogen) atoms. The number of nitrogens with one attached hydrogen (secondary N) is 1. The second-order valence-electron chi connectivity index (χ2n) is 10.5. The Morgan fingerprint density at radius 1 is 1.11 bits per heavy atom. The summed E-state index contributed by atoms with van der Waals surface area (Å²) < 4.78 is 5.54. The van der Waals surface area contributed by atoms with Crippen molar-refractivity contribution in [2.24, 2.45) is 4.99 Å². The number of carbonyl (C=O) groups is 1. The molecule has 5 nitrogen and oxygen atoms in total. The number of fused-ring (bicyclic) bond motifs is 1. The van der Waals surface area contributed by atoms with Crippen molar-refractivity contribution in [3.8, 4) is 0 Å². The van der Waals surface area contributed by atoms with Crippen molar-refractivity contribution in [1.82, 2.24) is 10.2 Å². The van der Waals surface area contributed by atoms with Crippen molar-refractivity contribution in [1.29, 1.82) is 0 Å². The summed E-state index contributed by atoms with van der Waals surface area (Å²) in [4.78, 5) is 20.0. The van der Waals surface area contributed by atoms with E-state index in [0.29, 0.717) is 0 Å². The van der Waals surface area contributed by atoms with Crippen LogP contribution in [0.3, 0.4) is 0 Å². The Hall–Kier alpha value is -3.60. The molecule has 5 heteroatoms. The van der Waals surface area contributed by atoms with Crippen LogP contribution in [0, 0.1) is 0 Å². The normalized spacial score (nSPS) is 22.4. The highest BCUT2D eigenvalue weighted by Gasteiger charge is 2.42. The van der Waals surface area contributed by atoms with E-state index in [2.05, 4.69) is 83.7 Å². The van der Waals surface area contributed by atoms with Gasteiger partial charge < -0.3 is 15.0 Å². The summed E-state index contributed by atoms with van der Waals surface area (Å²) in [6, 6.07) is 19.2. The van der Waals surface area contributed by atoms with E-state index in [1.165, 1.54) is 5.56 Å². The Labute approximate surface area is 207 Å². The van der Waals surface area contributed by atoms with Crippen molar-refractivity contribution in [3.63, 3.8) is 0 Å². The van der Waals surface area contributed by atoms with Crippen molar-refractivity contribution in [3.05, 3.63) is 108 Å². The molecular weight excluding hydrogens is 434 g/mol. The van der Waals surface area contributed by atoms with Crippen LogP contribution < -0.4 is 5.32 Å². The maximum atomic E-state index is 12.5. The number of amidine groups is 1. The van der Waals surface area contributed by atoms with Crippen LogP contribution in [0.15, 0.2) is 96.2 Å². The third-order valence-electron chi connectivity index (χ3n) is 7.00. The zero-order chi connectivity index (χ0) is 24.6. The van der Waals surface area contributed by atoms with E-state index in [4.69, 9.17) is 9.73 Å². The number of aliphatic imine (C=N–C) groups is 1. The van der Waals surface area contributed by atoms with Gasteiger partial charge in [0, 0.05) is 11.8 Å². The van der Waals surface area contributed by atoms with Crippen LogP contribution in [0.4, 0.5) is 4.79 Å². The van der Waals surface area contributed by atoms with E-state index >= 15 is 0 Å². The van der Waals surface area contributed by atoms with Gasteiger partial charge in [0.2, 0.25) is 0 Å². The number of amides is 1. The molecule has 0 saturated heterocycles. The fraction of sp³-hybridized carbons (Fsp3) is 0.333. The van der Waals surface area contributed by atoms with Gasteiger partial charge in [-0.2, -0.15) is 0 Å². The number of benzene rings is 2. The van der Waals surface area contributed by atoms with E-state index < -0.39 is 5.60 Å². The minimum atomic E-state index is -0.522. The Bertz CT molecular complexity index is 1200. The van der Waals surface area contributed by atoms with Gasteiger partial charge in [-0.05, 0) is 68.9 Å². The Balaban J connectivity index is 1.45. The van der Waals surface area contributed by atoms with Crippen LogP contribution >= 0.6 is 0 Å². The van der Waals surface area contributed by atoms with Crippen LogP contribution in [-0.2, 0) is 10.3 Å². The maximum absolute atomic E-state index is 12.5. The number of ether oxygens (including phenoxy) is 1. The van der Waals surface area contributed by atoms with E-state index in [1.54, 1.807) is 0 Å². The molecule has 1 amide bonds. The minimum absolute atomic E-state index is 0.0521. The third-order valence-corrected chi connectivity index (χ3v) is 7.00. The molecule has 180 valence electrons. The monoisotopic (exact) mass is 467 g/mol. The summed E-state index contributed by atoms with van der Waals surface area (Å²) in [5, 5.41) is 3.16. The highest BCUT2D eigenvalue weighted by Crippen LogP contribution is 2.46. The average Bonchev–Trinajstić information content (AvgIpc) is 3.21. The SMILES string of the molecule is C=CC1=CC=CN2C1=NC(c1ccc(C3(NC(=O)OC(C)(C)C)CCC3)cc1)C2c1ccccc1. The molecule has 2 unspecified atom stereocenters. The topological polar surface area (TPSA) is 53.9 Å². The molecule has 1 N–H and O–H groups in total. The summed E-state index contributed by atoms with van der Waals surface area (Å²) in [5.41, 5.74) is 3.63. The maximum Gasteiger partial charge on any atom is 0.408 e. The smallest absolute Gasteiger partial charge is 0.408 e. The first-order valence-electron chi connectivity index (χ1n) is 12.3. The Morgan fingerprint density at radius 2 is 1.83 bits per heavy atom. The second-order valence-corrected chi connectivity index (χ2v) is 10.5. The lowest BCUT2D eigenvalue weighted by Crippen LogP contribution is -2.52. The first-order valence-corrected chi connectivity index (χ1v) is 12.3. The number of carbonyl (C=O) groups excluding carboxylic acids is 1. The zero-order valence-corrected chi connectivity index (χ0v) is 20.7. The van der Waals surface area contributed by atoms with E-state index in [-0.39, 0.29) is 23.7 Å². The van der Waals surface area contributed by atoms with Gasteiger partial charge in [0.05, 0.1) is 11.6 Å². The molecule has 1 aliphatic carbocycles. The van der Waals surface area contributed by atoms with Gasteiger partial charge in [0.15, 0.2) is 0 Å². The standard InChI is InChI=1S/C30H33N3O2/c1-5-21-13-9-20-33-26(23-11-7-6-8-12-23)25(31-27(21)33)22-14-16-24(17-15-22)30(18-10-19-30)32-28(34)35-29(2,3)4/h5-9,11-17,20,25-26H,1,10,18-19H2,2-4H3,(H,32,34). The summed E-state index contributed by atoms with van der Waals surface area (Å²) >= 11 is 0. The summed E-state index contributed by atoms with van der Waals surface area (Å²) in [5.74, 6) is 0.951. The van der Waals surface area contributed by atoms with Crippen LogP contribution in [0.1, 0.15) is 68.8 Å². The molecule has 0 bridgehead atoms. The highest BCUT2D eigenvalue weighted by atomic mass is 16.6. The van der Waals surface area contributed by atoms with Gasteiger partial charge in [-0.3, -0.25) is 4.99 Å². The number of alkyl carbamates (subject to hydrolysis) is 1. The first kappa shape index (κ1) is 23.2. The summed E-state index contributed by atoms with van der Waals surface area (Å²) in [7, 11) is 0. The summed E-state index contributed by atoms with van der Waals surface area (Å²) in [6.07, 6.45) is 10.6. The Morgan fingerprint density at radius 3 is 2.43 bits per heavy atom.